The Balaban J connectivity index is 1.85. The molecule has 2 N–H and O–H groups in total. The number of benzene rings is 1. The molecule has 21 heavy (non-hydrogen) atoms. The van der Waals surface area contributed by atoms with E-state index in [1.165, 1.54) is 0 Å². The summed E-state index contributed by atoms with van der Waals surface area (Å²) < 4.78 is 0. The molecule has 1 aliphatic rings. The van der Waals surface area contributed by atoms with Gasteiger partial charge in [0, 0.05) is 44.2 Å². The standard InChI is InChI=1S/C17H27N3O/c1-17(2,3)20-11-9-19(10-12-20)16(21)13-15(18)14-7-5-4-6-8-14/h4-8,15H,9-13,18H2,1-3H3. The van der Waals surface area contributed by atoms with E-state index in [9.17, 15) is 4.79 Å². The third kappa shape index (κ3) is 4.29. The van der Waals surface area contributed by atoms with Crippen LogP contribution in [0.4, 0.5) is 0 Å². The minimum Gasteiger partial charge on any atom is -0.340 e. The van der Waals surface area contributed by atoms with Gasteiger partial charge in [-0.3, -0.25) is 9.69 Å². The molecule has 0 radical (unpaired) electrons. The second kappa shape index (κ2) is 6.58. The van der Waals surface area contributed by atoms with Gasteiger partial charge in [-0.1, -0.05) is 30.3 Å². The first-order chi connectivity index (χ1) is 9.88. The number of hydrogen-bond donors (Lipinski definition) is 1. The van der Waals surface area contributed by atoms with Gasteiger partial charge in [-0.05, 0) is 26.3 Å². The van der Waals surface area contributed by atoms with Crippen LogP contribution in [0, 0.1) is 0 Å². The highest BCUT2D eigenvalue weighted by Gasteiger charge is 2.28. The van der Waals surface area contributed by atoms with Crippen molar-refractivity contribution in [2.45, 2.75) is 38.8 Å². The molecule has 1 aliphatic heterocycles. The quantitative estimate of drug-likeness (QED) is 0.926. The van der Waals surface area contributed by atoms with Crippen LogP contribution in [0.15, 0.2) is 30.3 Å². The zero-order chi connectivity index (χ0) is 15.5. The molecule has 1 aromatic carbocycles. The van der Waals surface area contributed by atoms with E-state index in [1.807, 2.05) is 35.2 Å². The second-order valence-corrected chi connectivity index (χ2v) is 6.76. The van der Waals surface area contributed by atoms with Crippen molar-refractivity contribution in [2.24, 2.45) is 5.73 Å². The molecule has 0 spiro atoms. The number of nitrogens with zero attached hydrogens (tertiary/aromatic N) is 2. The topological polar surface area (TPSA) is 49.6 Å². The van der Waals surface area contributed by atoms with Crippen LogP contribution in [-0.4, -0.2) is 47.4 Å². The zero-order valence-electron chi connectivity index (χ0n) is 13.4. The summed E-state index contributed by atoms with van der Waals surface area (Å²) in [6, 6.07) is 9.64. The molecule has 1 fully saturated rings. The highest BCUT2D eigenvalue weighted by Crippen LogP contribution is 2.18. The molecular formula is C17H27N3O. The number of carbonyl (C=O) groups is 1. The fraction of sp³-hybridized carbons (Fsp3) is 0.588. The van der Waals surface area contributed by atoms with Gasteiger partial charge >= 0.3 is 0 Å². The van der Waals surface area contributed by atoms with Crippen molar-refractivity contribution in [3.05, 3.63) is 35.9 Å². The van der Waals surface area contributed by atoms with Crippen molar-refractivity contribution >= 4 is 5.91 Å². The Hall–Kier alpha value is -1.39. The lowest BCUT2D eigenvalue weighted by Gasteiger charge is -2.42. The Labute approximate surface area is 127 Å². The SMILES string of the molecule is CC(C)(C)N1CCN(C(=O)CC(N)c2ccccc2)CC1. The van der Waals surface area contributed by atoms with Crippen LogP contribution in [0.25, 0.3) is 0 Å². The van der Waals surface area contributed by atoms with Gasteiger partial charge in [-0.2, -0.15) is 0 Å². The fourth-order valence-electron chi connectivity index (χ4n) is 2.76. The lowest BCUT2D eigenvalue weighted by molar-refractivity contribution is -0.134. The Kier molecular flexibility index (Phi) is 5.01. The van der Waals surface area contributed by atoms with Gasteiger partial charge < -0.3 is 10.6 Å². The maximum absolute atomic E-state index is 12.4. The van der Waals surface area contributed by atoms with E-state index >= 15 is 0 Å². The number of hydrogen-bond acceptors (Lipinski definition) is 3. The monoisotopic (exact) mass is 289 g/mol. The van der Waals surface area contributed by atoms with Gasteiger partial charge in [0.25, 0.3) is 0 Å². The van der Waals surface area contributed by atoms with E-state index in [0.717, 1.165) is 31.7 Å². The van der Waals surface area contributed by atoms with Crippen LogP contribution in [0.5, 0.6) is 0 Å². The van der Waals surface area contributed by atoms with Crippen LogP contribution in [0.1, 0.15) is 38.8 Å². The van der Waals surface area contributed by atoms with Gasteiger partial charge in [-0.15, -0.1) is 0 Å². The maximum atomic E-state index is 12.4. The summed E-state index contributed by atoms with van der Waals surface area (Å²) in [6.07, 6.45) is 0.388. The highest BCUT2D eigenvalue weighted by molar-refractivity contribution is 5.77. The molecule has 1 aromatic rings. The normalized spacial score (nSPS) is 18.6. The molecule has 1 heterocycles. The largest absolute Gasteiger partial charge is 0.340 e. The van der Waals surface area contributed by atoms with Gasteiger partial charge in [0.1, 0.15) is 0 Å². The molecule has 0 aromatic heterocycles. The first-order valence-corrected chi connectivity index (χ1v) is 7.71. The van der Waals surface area contributed by atoms with E-state index in [2.05, 4.69) is 25.7 Å². The molecular weight excluding hydrogens is 262 g/mol. The van der Waals surface area contributed by atoms with Gasteiger partial charge in [-0.25, -0.2) is 0 Å². The summed E-state index contributed by atoms with van der Waals surface area (Å²) >= 11 is 0. The van der Waals surface area contributed by atoms with Gasteiger partial charge in [0.2, 0.25) is 5.91 Å². The molecule has 116 valence electrons. The van der Waals surface area contributed by atoms with Crippen LogP contribution in [0.2, 0.25) is 0 Å². The molecule has 1 atom stereocenters. The predicted molar refractivity (Wildman–Crippen MR) is 85.9 cm³/mol. The first kappa shape index (κ1) is 16.0. The zero-order valence-corrected chi connectivity index (χ0v) is 13.4. The lowest BCUT2D eigenvalue weighted by Crippen LogP contribution is -2.54. The Morgan fingerprint density at radius 1 is 1.14 bits per heavy atom. The molecule has 1 unspecified atom stereocenters. The highest BCUT2D eigenvalue weighted by atomic mass is 16.2. The molecule has 0 bridgehead atoms. The first-order valence-electron chi connectivity index (χ1n) is 7.71. The van der Waals surface area contributed by atoms with Crippen molar-refractivity contribution in [3.63, 3.8) is 0 Å². The molecule has 2 rings (SSSR count). The van der Waals surface area contributed by atoms with Crippen LogP contribution in [0.3, 0.4) is 0 Å². The number of nitrogens with two attached hydrogens (primary N) is 1. The van der Waals surface area contributed by atoms with Crippen molar-refractivity contribution < 1.29 is 4.79 Å². The molecule has 0 aliphatic carbocycles. The summed E-state index contributed by atoms with van der Waals surface area (Å²) in [5, 5.41) is 0. The van der Waals surface area contributed by atoms with E-state index < -0.39 is 0 Å². The van der Waals surface area contributed by atoms with E-state index in [0.29, 0.717) is 6.42 Å². The van der Waals surface area contributed by atoms with E-state index in [-0.39, 0.29) is 17.5 Å². The summed E-state index contributed by atoms with van der Waals surface area (Å²) in [5.41, 5.74) is 7.34. The van der Waals surface area contributed by atoms with E-state index in [4.69, 9.17) is 5.73 Å². The van der Waals surface area contributed by atoms with Gasteiger partial charge in [0.05, 0.1) is 0 Å². The van der Waals surface area contributed by atoms with Crippen LogP contribution >= 0.6 is 0 Å². The number of rotatable bonds is 3. The Morgan fingerprint density at radius 3 is 2.24 bits per heavy atom. The Morgan fingerprint density at radius 2 is 1.71 bits per heavy atom. The minimum atomic E-state index is -0.209. The summed E-state index contributed by atoms with van der Waals surface area (Å²) in [5.74, 6) is 0.167. The molecule has 1 saturated heterocycles. The lowest BCUT2D eigenvalue weighted by atomic mass is 10.0. The molecule has 1 amide bonds. The number of amides is 1. The van der Waals surface area contributed by atoms with Crippen molar-refractivity contribution in [2.75, 3.05) is 26.2 Å². The third-order valence-electron chi connectivity index (χ3n) is 4.20. The summed E-state index contributed by atoms with van der Waals surface area (Å²) in [4.78, 5) is 16.7. The molecule has 4 heteroatoms. The van der Waals surface area contributed by atoms with Crippen LogP contribution < -0.4 is 5.73 Å². The minimum absolute atomic E-state index is 0.167. The third-order valence-corrected chi connectivity index (χ3v) is 4.20. The number of piperazine rings is 1. The fourth-order valence-corrected chi connectivity index (χ4v) is 2.76. The average molecular weight is 289 g/mol. The van der Waals surface area contributed by atoms with Gasteiger partial charge in [0.15, 0.2) is 0 Å². The Bertz CT molecular complexity index is 459. The van der Waals surface area contributed by atoms with Crippen molar-refractivity contribution in [1.29, 1.82) is 0 Å². The maximum Gasteiger partial charge on any atom is 0.224 e. The van der Waals surface area contributed by atoms with E-state index in [1.54, 1.807) is 0 Å². The van der Waals surface area contributed by atoms with Crippen molar-refractivity contribution in [1.82, 2.24) is 9.80 Å². The summed E-state index contributed by atoms with van der Waals surface area (Å²) in [7, 11) is 0. The molecule has 4 nitrogen and oxygen atoms in total. The smallest absolute Gasteiger partial charge is 0.224 e. The molecule has 0 saturated carbocycles. The van der Waals surface area contributed by atoms with Crippen LogP contribution in [-0.2, 0) is 4.79 Å². The predicted octanol–water partition coefficient (Wildman–Crippen LogP) is 2.02. The second-order valence-electron chi connectivity index (χ2n) is 6.76. The average Bonchev–Trinajstić information content (AvgIpc) is 2.47. The summed E-state index contributed by atoms with van der Waals surface area (Å²) in [6.45, 7) is 10.1. The number of carbonyl (C=O) groups excluding carboxylic acids is 1. The van der Waals surface area contributed by atoms with Crippen molar-refractivity contribution in [3.8, 4) is 0 Å².